The van der Waals surface area contributed by atoms with Crippen molar-refractivity contribution < 1.29 is 19.1 Å². The van der Waals surface area contributed by atoms with Crippen molar-refractivity contribution in [2.45, 2.75) is 57.7 Å². The van der Waals surface area contributed by atoms with Crippen LogP contribution in [0.4, 0.5) is 0 Å². The van der Waals surface area contributed by atoms with Crippen LogP contribution in [0.1, 0.15) is 51.4 Å². The highest BCUT2D eigenvalue weighted by atomic mass is 16.7. The zero-order valence-electron chi connectivity index (χ0n) is 10.9. The van der Waals surface area contributed by atoms with Gasteiger partial charge in [-0.3, -0.25) is 9.59 Å². The highest BCUT2D eigenvalue weighted by Gasteiger charge is 2.28. The van der Waals surface area contributed by atoms with Crippen LogP contribution < -0.4 is 0 Å². The molecule has 1 aliphatic heterocycles. The van der Waals surface area contributed by atoms with Crippen LogP contribution in [-0.2, 0) is 19.1 Å². The van der Waals surface area contributed by atoms with Gasteiger partial charge in [0.05, 0.1) is 5.92 Å². The Morgan fingerprint density at radius 2 is 2.00 bits per heavy atom. The highest BCUT2D eigenvalue weighted by molar-refractivity contribution is 6.03. The Labute approximate surface area is 108 Å². The number of carbonyl (C=O) groups is 2. The summed E-state index contributed by atoms with van der Waals surface area (Å²) in [5, 5.41) is 0. The van der Waals surface area contributed by atoms with Gasteiger partial charge < -0.3 is 9.47 Å². The fourth-order valence-electron chi connectivity index (χ4n) is 2.62. The molecule has 0 aromatic carbocycles. The lowest BCUT2D eigenvalue weighted by atomic mass is 9.94. The molecule has 2 rings (SSSR count). The minimum absolute atomic E-state index is 0.0288. The minimum atomic E-state index is -0.420. The second-order valence-corrected chi connectivity index (χ2v) is 5.19. The first-order valence-electron chi connectivity index (χ1n) is 7.06. The fraction of sp³-hybridized carbons (Fsp3) is 0.857. The Morgan fingerprint density at radius 1 is 1.17 bits per heavy atom. The zero-order chi connectivity index (χ0) is 12.8. The van der Waals surface area contributed by atoms with Crippen molar-refractivity contribution in [3.05, 3.63) is 0 Å². The Bertz CT molecular complexity index is 294. The van der Waals surface area contributed by atoms with Crippen LogP contribution in [0, 0.1) is 5.92 Å². The second-order valence-electron chi connectivity index (χ2n) is 5.19. The van der Waals surface area contributed by atoms with E-state index in [1.807, 2.05) is 0 Å². The van der Waals surface area contributed by atoms with Crippen molar-refractivity contribution in [3.8, 4) is 0 Å². The van der Waals surface area contributed by atoms with E-state index in [2.05, 4.69) is 0 Å². The lowest BCUT2D eigenvalue weighted by Gasteiger charge is -2.23. The number of carbonyl (C=O) groups excluding carboxylic acids is 2. The van der Waals surface area contributed by atoms with Crippen molar-refractivity contribution in [1.82, 2.24) is 0 Å². The summed E-state index contributed by atoms with van der Waals surface area (Å²) >= 11 is 0. The molecule has 0 N–H and O–H groups in total. The lowest BCUT2D eigenvalue weighted by molar-refractivity contribution is -0.171. The summed E-state index contributed by atoms with van der Waals surface area (Å²) in [5.41, 5.74) is 0. The van der Waals surface area contributed by atoms with Crippen molar-refractivity contribution in [3.63, 3.8) is 0 Å². The molecule has 1 saturated carbocycles. The van der Waals surface area contributed by atoms with Crippen LogP contribution in [0.3, 0.4) is 0 Å². The molecule has 102 valence electrons. The van der Waals surface area contributed by atoms with E-state index in [9.17, 15) is 9.59 Å². The monoisotopic (exact) mass is 254 g/mol. The first kappa shape index (κ1) is 13.7. The maximum atomic E-state index is 12.0. The third kappa shape index (κ3) is 3.89. The molecule has 0 aromatic heterocycles. The summed E-state index contributed by atoms with van der Waals surface area (Å²) in [7, 11) is 0. The smallest absolute Gasteiger partial charge is 0.169 e. The molecule has 2 fully saturated rings. The number of Topliss-reactive ketones (excluding diaryl/α,β-unsaturated/α-hetero) is 2. The van der Waals surface area contributed by atoms with Gasteiger partial charge in [0.1, 0.15) is 12.4 Å². The molecule has 1 aliphatic carbocycles. The molecule has 2 atom stereocenters. The normalized spacial score (nSPS) is 29.9. The molecule has 18 heavy (non-hydrogen) atoms. The van der Waals surface area contributed by atoms with Crippen molar-refractivity contribution in [1.29, 1.82) is 0 Å². The zero-order valence-corrected chi connectivity index (χ0v) is 10.9. The van der Waals surface area contributed by atoms with E-state index in [-0.39, 0.29) is 24.5 Å². The summed E-state index contributed by atoms with van der Waals surface area (Å²) in [5.74, 6) is -0.377. The van der Waals surface area contributed by atoms with E-state index in [1.165, 1.54) is 0 Å². The van der Waals surface area contributed by atoms with Gasteiger partial charge in [0.15, 0.2) is 12.1 Å². The van der Waals surface area contributed by atoms with Crippen LogP contribution in [0.15, 0.2) is 0 Å². The van der Waals surface area contributed by atoms with Crippen LogP contribution in [0.5, 0.6) is 0 Å². The van der Waals surface area contributed by atoms with Gasteiger partial charge in [-0.25, -0.2) is 0 Å². The van der Waals surface area contributed by atoms with Crippen LogP contribution in [0.2, 0.25) is 0 Å². The molecular weight excluding hydrogens is 232 g/mol. The Balaban J connectivity index is 1.77. The summed E-state index contributed by atoms with van der Waals surface area (Å²) < 4.78 is 10.9. The molecule has 1 saturated heterocycles. The van der Waals surface area contributed by atoms with E-state index in [0.717, 1.165) is 38.5 Å². The molecule has 2 aliphatic rings. The first-order chi connectivity index (χ1) is 8.77. The van der Waals surface area contributed by atoms with Gasteiger partial charge in [-0.1, -0.05) is 12.8 Å². The second kappa shape index (κ2) is 7.00. The molecular formula is C14H22O4. The van der Waals surface area contributed by atoms with Gasteiger partial charge in [0, 0.05) is 13.0 Å². The number of ketones is 2. The average Bonchev–Trinajstić information content (AvgIpc) is 2.62. The summed E-state index contributed by atoms with van der Waals surface area (Å²) in [6.07, 6.45) is 6.97. The topological polar surface area (TPSA) is 52.6 Å². The predicted molar refractivity (Wildman–Crippen MR) is 66.1 cm³/mol. The number of ether oxygens (including phenoxy) is 2. The molecule has 0 spiro atoms. The minimum Gasteiger partial charge on any atom is -0.353 e. The predicted octanol–water partition coefficient (Wildman–Crippen LogP) is 2.25. The van der Waals surface area contributed by atoms with Crippen molar-refractivity contribution in [2.75, 3.05) is 13.2 Å². The molecule has 0 bridgehead atoms. The quantitative estimate of drug-likeness (QED) is 0.570. The third-order valence-corrected chi connectivity index (χ3v) is 3.74. The fourth-order valence-corrected chi connectivity index (χ4v) is 2.62. The van der Waals surface area contributed by atoms with Crippen molar-refractivity contribution >= 4 is 11.6 Å². The van der Waals surface area contributed by atoms with Crippen LogP contribution in [-0.4, -0.2) is 31.1 Å². The van der Waals surface area contributed by atoms with Crippen LogP contribution in [0.25, 0.3) is 0 Å². The number of hydrogen-bond acceptors (Lipinski definition) is 4. The van der Waals surface area contributed by atoms with Gasteiger partial charge in [-0.15, -0.1) is 0 Å². The van der Waals surface area contributed by atoms with Gasteiger partial charge in [-0.05, 0) is 32.1 Å². The first-order valence-corrected chi connectivity index (χ1v) is 7.06. The number of rotatable bonds is 4. The maximum absolute atomic E-state index is 12.0. The Kier molecular flexibility index (Phi) is 5.32. The summed E-state index contributed by atoms with van der Waals surface area (Å²) in [6.45, 7) is 0.738. The highest BCUT2D eigenvalue weighted by Crippen LogP contribution is 2.21. The van der Waals surface area contributed by atoms with E-state index >= 15 is 0 Å². The van der Waals surface area contributed by atoms with E-state index < -0.39 is 5.92 Å². The molecule has 4 heteroatoms. The largest absolute Gasteiger partial charge is 0.353 e. The molecule has 0 amide bonds. The van der Waals surface area contributed by atoms with Crippen molar-refractivity contribution in [2.24, 2.45) is 5.92 Å². The van der Waals surface area contributed by atoms with E-state index in [4.69, 9.17) is 9.47 Å². The lowest BCUT2D eigenvalue weighted by Crippen LogP contribution is -2.30. The number of hydrogen-bond donors (Lipinski definition) is 0. The van der Waals surface area contributed by atoms with Crippen LogP contribution >= 0.6 is 0 Å². The maximum Gasteiger partial charge on any atom is 0.169 e. The molecule has 0 unspecified atom stereocenters. The standard InChI is InChI=1S/C14H22O4/c15-12-7-3-1-2-6-11(12)13(16)10-18-14-8-4-5-9-17-14/h11,14H,1-10H2/t11-,14+/m0/s1. The third-order valence-electron chi connectivity index (χ3n) is 3.74. The SMILES string of the molecule is O=C1CCCCC[C@@H]1C(=O)CO[C@@H]1CCCCO1. The van der Waals surface area contributed by atoms with Gasteiger partial charge in [-0.2, -0.15) is 0 Å². The Hall–Kier alpha value is -0.740. The Morgan fingerprint density at radius 3 is 2.78 bits per heavy atom. The van der Waals surface area contributed by atoms with E-state index in [0.29, 0.717) is 19.4 Å². The average molecular weight is 254 g/mol. The molecule has 0 radical (unpaired) electrons. The van der Waals surface area contributed by atoms with Gasteiger partial charge in [0.2, 0.25) is 0 Å². The summed E-state index contributed by atoms with van der Waals surface area (Å²) in [4.78, 5) is 23.8. The molecule has 0 aromatic rings. The van der Waals surface area contributed by atoms with E-state index in [1.54, 1.807) is 0 Å². The molecule has 1 heterocycles. The van der Waals surface area contributed by atoms with Gasteiger partial charge >= 0.3 is 0 Å². The van der Waals surface area contributed by atoms with Gasteiger partial charge in [0.25, 0.3) is 0 Å². The summed E-state index contributed by atoms with van der Waals surface area (Å²) in [6, 6.07) is 0. The molecule has 4 nitrogen and oxygen atoms in total.